The zero-order valence-electron chi connectivity index (χ0n) is 17.9. The SMILES string of the molecule is O=C1c2ccccc2-c2ccc(C(=O)N3CC(N4CCN(C(=O)c5nccs5)CC4)C3)cc21. The van der Waals surface area contributed by atoms with Gasteiger partial charge in [0.2, 0.25) is 0 Å². The molecule has 33 heavy (non-hydrogen) atoms. The zero-order valence-corrected chi connectivity index (χ0v) is 18.8. The Labute approximate surface area is 195 Å². The molecule has 0 atom stereocenters. The molecule has 0 spiro atoms. The maximum atomic E-state index is 13.0. The second-order valence-corrected chi connectivity index (χ2v) is 9.56. The minimum atomic E-state index is -0.0320. The first kappa shape index (κ1) is 20.3. The third-order valence-electron chi connectivity index (χ3n) is 6.86. The van der Waals surface area contributed by atoms with Crippen molar-refractivity contribution in [3.8, 4) is 11.1 Å². The van der Waals surface area contributed by atoms with Gasteiger partial charge >= 0.3 is 0 Å². The molecule has 3 aromatic rings. The number of rotatable bonds is 3. The van der Waals surface area contributed by atoms with E-state index >= 15 is 0 Å². The Balaban J connectivity index is 1.06. The topological polar surface area (TPSA) is 73.8 Å². The van der Waals surface area contributed by atoms with Crippen molar-refractivity contribution in [2.75, 3.05) is 39.3 Å². The molecular formula is C25H22N4O3S. The average molecular weight is 459 g/mol. The van der Waals surface area contributed by atoms with E-state index in [0.29, 0.717) is 53.9 Å². The van der Waals surface area contributed by atoms with Crippen LogP contribution in [0.25, 0.3) is 11.1 Å². The third kappa shape index (κ3) is 3.37. The summed E-state index contributed by atoms with van der Waals surface area (Å²) in [6, 6.07) is 13.4. The summed E-state index contributed by atoms with van der Waals surface area (Å²) in [5.41, 5.74) is 3.72. The number of fused-ring (bicyclic) bond motifs is 3. The summed E-state index contributed by atoms with van der Waals surface area (Å²) in [7, 11) is 0. The lowest BCUT2D eigenvalue weighted by molar-refractivity contribution is 0.00853. The van der Waals surface area contributed by atoms with Crippen molar-refractivity contribution in [3.63, 3.8) is 0 Å². The van der Waals surface area contributed by atoms with Gasteiger partial charge in [0.15, 0.2) is 10.8 Å². The van der Waals surface area contributed by atoms with Gasteiger partial charge in [-0.3, -0.25) is 19.3 Å². The fourth-order valence-corrected chi connectivity index (χ4v) is 5.55. The predicted octanol–water partition coefficient (Wildman–Crippen LogP) is 2.64. The molecule has 0 bridgehead atoms. The summed E-state index contributed by atoms with van der Waals surface area (Å²) in [6.07, 6.45) is 1.66. The van der Waals surface area contributed by atoms with Gasteiger partial charge in [0.1, 0.15) is 0 Å². The molecule has 0 saturated carbocycles. The highest BCUT2D eigenvalue weighted by Gasteiger charge is 2.37. The quantitative estimate of drug-likeness (QED) is 0.472. The summed E-state index contributed by atoms with van der Waals surface area (Å²) in [4.78, 5) is 48.5. The number of hydrogen-bond donors (Lipinski definition) is 0. The number of piperazine rings is 1. The van der Waals surface area contributed by atoms with Crippen LogP contribution in [0, 0.1) is 0 Å². The van der Waals surface area contributed by atoms with Crippen LogP contribution in [0.4, 0.5) is 0 Å². The van der Waals surface area contributed by atoms with Crippen LogP contribution < -0.4 is 0 Å². The lowest BCUT2D eigenvalue weighted by atomic mass is 10.00. The van der Waals surface area contributed by atoms with Crippen molar-refractivity contribution in [2.24, 2.45) is 0 Å². The van der Waals surface area contributed by atoms with Crippen molar-refractivity contribution in [1.29, 1.82) is 0 Å². The lowest BCUT2D eigenvalue weighted by Crippen LogP contribution is -2.64. The van der Waals surface area contributed by atoms with Gasteiger partial charge in [-0.15, -0.1) is 11.3 Å². The smallest absolute Gasteiger partial charge is 0.282 e. The molecule has 6 rings (SSSR count). The van der Waals surface area contributed by atoms with Gasteiger partial charge < -0.3 is 9.80 Å². The predicted molar refractivity (Wildman–Crippen MR) is 125 cm³/mol. The molecule has 2 aliphatic heterocycles. The number of aromatic nitrogens is 1. The van der Waals surface area contributed by atoms with E-state index in [9.17, 15) is 14.4 Å². The fraction of sp³-hybridized carbons (Fsp3) is 0.280. The van der Waals surface area contributed by atoms with Gasteiger partial charge in [-0.1, -0.05) is 30.3 Å². The standard InChI is InChI=1S/C25H22N4O3S/c30-22-20-4-2-1-3-18(20)19-6-5-16(13-21(19)22)24(31)29-14-17(15-29)27-8-10-28(11-9-27)25(32)23-26-7-12-33-23/h1-7,12-13,17H,8-11,14-15H2. The maximum absolute atomic E-state index is 13.0. The molecule has 8 heteroatoms. The highest BCUT2D eigenvalue weighted by molar-refractivity contribution is 7.11. The molecule has 3 aliphatic rings. The van der Waals surface area contributed by atoms with Crippen LogP contribution in [0.1, 0.15) is 36.1 Å². The second kappa shape index (κ2) is 7.90. The van der Waals surface area contributed by atoms with Crippen molar-refractivity contribution in [3.05, 3.63) is 75.7 Å². The number of nitrogens with zero attached hydrogens (tertiary/aromatic N) is 4. The van der Waals surface area contributed by atoms with Crippen LogP contribution >= 0.6 is 11.3 Å². The van der Waals surface area contributed by atoms with Gasteiger partial charge in [-0.25, -0.2) is 4.98 Å². The molecule has 2 saturated heterocycles. The first-order valence-electron chi connectivity index (χ1n) is 11.1. The van der Waals surface area contributed by atoms with Gasteiger partial charge in [-0.05, 0) is 23.3 Å². The minimum Gasteiger partial charge on any atom is -0.335 e. The molecule has 1 aromatic heterocycles. The number of likely N-dealkylation sites (tertiary alicyclic amines) is 1. The van der Waals surface area contributed by atoms with Gasteiger partial charge in [0.05, 0.1) is 0 Å². The molecule has 0 radical (unpaired) electrons. The number of amides is 2. The number of ketones is 1. The molecule has 2 amide bonds. The summed E-state index contributed by atoms with van der Waals surface area (Å²) < 4.78 is 0. The Kier molecular flexibility index (Phi) is 4.85. The first-order chi connectivity index (χ1) is 16.1. The Bertz CT molecular complexity index is 1260. The maximum Gasteiger partial charge on any atom is 0.282 e. The van der Waals surface area contributed by atoms with Crippen molar-refractivity contribution < 1.29 is 14.4 Å². The lowest BCUT2D eigenvalue weighted by Gasteiger charge is -2.48. The van der Waals surface area contributed by atoms with E-state index in [1.807, 2.05) is 51.6 Å². The third-order valence-corrected chi connectivity index (χ3v) is 7.62. The molecule has 3 heterocycles. The van der Waals surface area contributed by atoms with E-state index in [0.717, 1.165) is 24.2 Å². The minimum absolute atomic E-state index is 0.00312. The Morgan fingerprint density at radius 3 is 2.30 bits per heavy atom. The van der Waals surface area contributed by atoms with E-state index in [1.165, 1.54) is 11.3 Å². The fourth-order valence-electron chi connectivity index (χ4n) is 4.95. The van der Waals surface area contributed by atoms with E-state index in [1.54, 1.807) is 12.3 Å². The van der Waals surface area contributed by atoms with Crippen LogP contribution in [0.15, 0.2) is 54.0 Å². The zero-order chi connectivity index (χ0) is 22.5. The Morgan fingerprint density at radius 2 is 1.58 bits per heavy atom. The number of carbonyl (C=O) groups excluding carboxylic acids is 3. The van der Waals surface area contributed by atoms with E-state index in [4.69, 9.17) is 0 Å². The Morgan fingerprint density at radius 1 is 0.848 bits per heavy atom. The van der Waals surface area contributed by atoms with Gasteiger partial charge in [0, 0.05) is 73.6 Å². The van der Waals surface area contributed by atoms with E-state index in [2.05, 4.69) is 9.88 Å². The molecule has 2 fully saturated rings. The Hall–Kier alpha value is -3.36. The molecule has 1 aliphatic carbocycles. The van der Waals surface area contributed by atoms with Gasteiger partial charge in [0.25, 0.3) is 11.8 Å². The van der Waals surface area contributed by atoms with E-state index in [-0.39, 0.29) is 17.6 Å². The van der Waals surface area contributed by atoms with Crippen molar-refractivity contribution in [1.82, 2.24) is 19.7 Å². The first-order valence-corrected chi connectivity index (χ1v) is 12.0. The number of benzene rings is 2. The van der Waals surface area contributed by atoms with Crippen LogP contribution in [0.5, 0.6) is 0 Å². The molecule has 0 N–H and O–H groups in total. The molecule has 0 unspecified atom stereocenters. The summed E-state index contributed by atoms with van der Waals surface area (Å²) >= 11 is 1.37. The monoisotopic (exact) mass is 458 g/mol. The molecular weight excluding hydrogens is 436 g/mol. The van der Waals surface area contributed by atoms with Crippen molar-refractivity contribution >= 4 is 28.9 Å². The van der Waals surface area contributed by atoms with Gasteiger partial charge in [-0.2, -0.15) is 0 Å². The van der Waals surface area contributed by atoms with Crippen LogP contribution in [0.2, 0.25) is 0 Å². The number of thiazole rings is 1. The highest BCUT2D eigenvalue weighted by atomic mass is 32.1. The number of carbonyl (C=O) groups is 3. The average Bonchev–Trinajstić information content (AvgIpc) is 3.46. The highest BCUT2D eigenvalue weighted by Crippen LogP contribution is 2.37. The number of hydrogen-bond acceptors (Lipinski definition) is 6. The van der Waals surface area contributed by atoms with Crippen LogP contribution in [-0.2, 0) is 0 Å². The normalized spacial score (nSPS) is 18.1. The summed E-state index contributed by atoms with van der Waals surface area (Å²) in [6.45, 7) is 4.30. The molecule has 2 aromatic carbocycles. The second-order valence-electron chi connectivity index (χ2n) is 8.66. The molecule has 166 valence electrons. The largest absolute Gasteiger partial charge is 0.335 e. The summed E-state index contributed by atoms with van der Waals surface area (Å²) in [5.74, 6) is -0.0411. The molecule has 7 nitrogen and oxygen atoms in total. The van der Waals surface area contributed by atoms with E-state index < -0.39 is 0 Å². The van der Waals surface area contributed by atoms with Crippen molar-refractivity contribution in [2.45, 2.75) is 6.04 Å². The van der Waals surface area contributed by atoms with Crippen LogP contribution in [-0.4, -0.2) is 82.6 Å². The van der Waals surface area contributed by atoms with Crippen LogP contribution in [0.3, 0.4) is 0 Å². The summed E-state index contributed by atoms with van der Waals surface area (Å²) in [5, 5.41) is 2.36.